The fraction of sp³-hybridized carbons (Fsp3) is 0.529. The first-order chi connectivity index (χ1) is 12.2. The molecule has 0 bridgehead atoms. The molecule has 1 aromatic carbocycles. The van der Waals surface area contributed by atoms with Gasteiger partial charge in [-0.05, 0) is 38.0 Å². The van der Waals surface area contributed by atoms with E-state index in [2.05, 4.69) is 0 Å². The third-order valence-electron chi connectivity index (χ3n) is 4.27. The van der Waals surface area contributed by atoms with Gasteiger partial charge in [0.25, 0.3) is 5.91 Å². The van der Waals surface area contributed by atoms with Gasteiger partial charge < -0.3 is 9.64 Å². The zero-order valence-corrected chi connectivity index (χ0v) is 16.6. The number of likely N-dealkylation sites (tertiary alicyclic amines) is 1. The average molecular weight is 403 g/mol. The van der Waals surface area contributed by atoms with Crippen LogP contribution in [0.1, 0.15) is 30.1 Å². The van der Waals surface area contributed by atoms with Gasteiger partial charge in [0.15, 0.2) is 0 Å². The van der Waals surface area contributed by atoms with Crippen molar-refractivity contribution in [3.63, 3.8) is 0 Å². The molecule has 1 aliphatic heterocycles. The van der Waals surface area contributed by atoms with E-state index in [9.17, 15) is 18.0 Å². The van der Waals surface area contributed by atoms with Gasteiger partial charge in [-0.3, -0.25) is 9.59 Å². The van der Waals surface area contributed by atoms with Crippen LogP contribution in [0.5, 0.6) is 0 Å². The molecule has 7 nitrogen and oxygen atoms in total. The zero-order valence-electron chi connectivity index (χ0n) is 15.1. The van der Waals surface area contributed by atoms with Crippen LogP contribution < -0.4 is 0 Å². The van der Waals surface area contributed by atoms with Crippen molar-refractivity contribution in [2.24, 2.45) is 5.92 Å². The molecule has 1 aromatic rings. The van der Waals surface area contributed by atoms with E-state index in [0.717, 1.165) is 4.31 Å². The molecule has 0 aliphatic carbocycles. The molecule has 0 aromatic heterocycles. The topological polar surface area (TPSA) is 84.0 Å². The van der Waals surface area contributed by atoms with Gasteiger partial charge in [-0.25, -0.2) is 12.7 Å². The van der Waals surface area contributed by atoms with Gasteiger partial charge in [0.1, 0.15) is 4.90 Å². The highest BCUT2D eigenvalue weighted by Crippen LogP contribution is 2.26. The Balaban J connectivity index is 2.26. The highest BCUT2D eigenvalue weighted by molar-refractivity contribution is 7.89. The Hall–Kier alpha value is -1.64. The summed E-state index contributed by atoms with van der Waals surface area (Å²) in [5.74, 6) is -0.993. The summed E-state index contributed by atoms with van der Waals surface area (Å²) >= 11 is 6.02. The van der Waals surface area contributed by atoms with Gasteiger partial charge in [0, 0.05) is 32.7 Å². The van der Waals surface area contributed by atoms with Crippen LogP contribution in [0.4, 0.5) is 0 Å². The molecular weight excluding hydrogens is 380 g/mol. The van der Waals surface area contributed by atoms with Crippen LogP contribution in [-0.4, -0.2) is 63.3 Å². The summed E-state index contributed by atoms with van der Waals surface area (Å²) in [6.45, 7) is 2.81. The number of hydrogen-bond acceptors (Lipinski definition) is 5. The Bertz CT molecular complexity index is 794. The summed E-state index contributed by atoms with van der Waals surface area (Å²) in [7, 11) is -0.974. The van der Waals surface area contributed by atoms with Crippen molar-refractivity contribution in [3.8, 4) is 0 Å². The summed E-state index contributed by atoms with van der Waals surface area (Å²) in [6, 6.07) is 4.18. The maximum Gasteiger partial charge on any atom is 0.310 e. The minimum atomic E-state index is -3.77. The molecule has 9 heteroatoms. The molecule has 1 heterocycles. The largest absolute Gasteiger partial charge is 0.466 e. The van der Waals surface area contributed by atoms with Gasteiger partial charge in [0.05, 0.1) is 17.5 Å². The lowest BCUT2D eigenvalue weighted by molar-refractivity contribution is -0.149. The average Bonchev–Trinajstić information content (AvgIpc) is 2.61. The number of hydrogen-bond donors (Lipinski definition) is 0. The molecule has 1 aliphatic rings. The van der Waals surface area contributed by atoms with Gasteiger partial charge in [-0.15, -0.1) is 0 Å². The highest BCUT2D eigenvalue weighted by atomic mass is 35.5. The Morgan fingerprint density at radius 3 is 2.65 bits per heavy atom. The number of nitrogens with zero attached hydrogens (tertiary/aromatic N) is 2. The van der Waals surface area contributed by atoms with Crippen LogP contribution >= 0.6 is 11.6 Å². The summed E-state index contributed by atoms with van der Waals surface area (Å²) < 4.78 is 30.8. The van der Waals surface area contributed by atoms with Crippen molar-refractivity contribution in [2.45, 2.75) is 24.7 Å². The number of rotatable bonds is 5. The third-order valence-corrected chi connectivity index (χ3v) is 6.56. The third kappa shape index (κ3) is 4.36. The van der Waals surface area contributed by atoms with Crippen LogP contribution in [0.25, 0.3) is 0 Å². The monoisotopic (exact) mass is 402 g/mol. The smallest absolute Gasteiger partial charge is 0.310 e. The zero-order chi connectivity index (χ0) is 19.5. The molecule has 1 amide bonds. The lowest BCUT2D eigenvalue weighted by atomic mass is 9.97. The van der Waals surface area contributed by atoms with Gasteiger partial charge in [-0.2, -0.15) is 0 Å². The summed E-state index contributed by atoms with van der Waals surface area (Å²) in [5.41, 5.74) is 0.222. The van der Waals surface area contributed by atoms with E-state index in [4.69, 9.17) is 16.3 Å². The Morgan fingerprint density at radius 2 is 2.04 bits per heavy atom. The lowest BCUT2D eigenvalue weighted by Crippen LogP contribution is -2.42. The Labute approximate surface area is 158 Å². The standard InChI is InChI=1S/C17H23ClN2O5S/c1-4-25-17(22)13-6-5-9-20(11-13)16(21)12-7-8-14(18)15(10-12)26(23,24)19(2)3/h7-8,10,13H,4-6,9,11H2,1-3H3. The van der Waals surface area contributed by atoms with Crippen LogP contribution in [0.15, 0.2) is 23.1 Å². The molecule has 1 fully saturated rings. The molecule has 0 N–H and O–H groups in total. The minimum absolute atomic E-state index is 0.0540. The number of carbonyl (C=O) groups is 2. The van der Waals surface area contributed by atoms with Crippen molar-refractivity contribution >= 4 is 33.5 Å². The highest BCUT2D eigenvalue weighted by Gasteiger charge is 2.30. The first-order valence-corrected chi connectivity index (χ1v) is 10.2. The van der Waals surface area contributed by atoms with Crippen molar-refractivity contribution in [2.75, 3.05) is 33.8 Å². The second-order valence-corrected chi connectivity index (χ2v) is 8.80. The van der Waals surface area contributed by atoms with Crippen LogP contribution in [0.3, 0.4) is 0 Å². The summed E-state index contributed by atoms with van der Waals surface area (Å²) in [5, 5.41) is 0.0540. The Kier molecular flexibility index (Phi) is 6.65. The molecule has 0 saturated carbocycles. The molecule has 2 rings (SSSR count). The number of carbonyl (C=O) groups excluding carboxylic acids is 2. The molecule has 0 radical (unpaired) electrons. The fourth-order valence-electron chi connectivity index (χ4n) is 2.83. The maximum absolute atomic E-state index is 12.8. The maximum atomic E-state index is 12.8. The van der Waals surface area contributed by atoms with Crippen molar-refractivity contribution < 1.29 is 22.7 Å². The second kappa shape index (κ2) is 8.37. The molecule has 1 saturated heterocycles. The molecule has 1 atom stereocenters. The van der Waals surface area contributed by atoms with Gasteiger partial charge >= 0.3 is 5.97 Å². The number of sulfonamides is 1. The first kappa shape index (κ1) is 20.7. The Morgan fingerprint density at radius 1 is 1.35 bits per heavy atom. The van der Waals surface area contributed by atoms with E-state index < -0.39 is 10.0 Å². The molecule has 1 unspecified atom stereocenters. The summed E-state index contributed by atoms with van der Waals surface area (Å²) in [6.07, 6.45) is 1.36. The molecule has 0 spiro atoms. The predicted octanol–water partition coefficient (Wildman–Crippen LogP) is 2.01. The van der Waals surface area contributed by atoms with Gasteiger partial charge in [0.2, 0.25) is 10.0 Å². The number of esters is 1. The fourth-order valence-corrected chi connectivity index (χ4v) is 4.22. The van der Waals surface area contributed by atoms with Gasteiger partial charge in [-0.1, -0.05) is 11.6 Å². The number of amides is 1. The van der Waals surface area contributed by atoms with E-state index in [1.165, 1.54) is 32.3 Å². The van der Waals surface area contributed by atoms with Crippen LogP contribution in [0.2, 0.25) is 5.02 Å². The van der Waals surface area contributed by atoms with Crippen molar-refractivity contribution in [1.82, 2.24) is 9.21 Å². The van der Waals surface area contributed by atoms with Crippen LogP contribution in [0, 0.1) is 5.92 Å². The van der Waals surface area contributed by atoms with E-state index >= 15 is 0 Å². The van der Waals surface area contributed by atoms with E-state index in [1.54, 1.807) is 11.8 Å². The number of benzene rings is 1. The normalized spacial score (nSPS) is 18.0. The van der Waals surface area contributed by atoms with E-state index in [1.807, 2.05) is 0 Å². The second-order valence-electron chi connectivity index (χ2n) is 6.27. The van der Waals surface area contributed by atoms with Crippen molar-refractivity contribution in [3.05, 3.63) is 28.8 Å². The van der Waals surface area contributed by atoms with Crippen LogP contribution in [-0.2, 0) is 19.6 Å². The van der Waals surface area contributed by atoms with E-state index in [-0.39, 0.29) is 39.8 Å². The number of ether oxygens (including phenoxy) is 1. The molecule has 144 valence electrons. The number of halogens is 1. The van der Waals surface area contributed by atoms with Crippen molar-refractivity contribution in [1.29, 1.82) is 0 Å². The minimum Gasteiger partial charge on any atom is -0.466 e. The molecular formula is C17H23ClN2O5S. The molecule has 26 heavy (non-hydrogen) atoms. The first-order valence-electron chi connectivity index (χ1n) is 8.36. The lowest BCUT2D eigenvalue weighted by Gasteiger charge is -2.31. The SMILES string of the molecule is CCOC(=O)C1CCCN(C(=O)c2ccc(Cl)c(S(=O)(=O)N(C)C)c2)C1. The summed E-state index contributed by atoms with van der Waals surface area (Å²) in [4.78, 5) is 26.2. The predicted molar refractivity (Wildman–Crippen MR) is 97.6 cm³/mol. The quantitative estimate of drug-likeness (QED) is 0.703. The number of piperidine rings is 1. The van der Waals surface area contributed by atoms with E-state index in [0.29, 0.717) is 26.0 Å².